The maximum Gasteiger partial charge on any atom is 0.239 e. The molecule has 0 aromatic carbocycles. The van der Waals surface area contributed by atoms with Crippen LogP contribution in [0.5, 0.6) is 0 Å². The predicted molar refractivity (Wildman–Crippen MR) is 30.0 cm³/mol. The van der Waals surface area contributed by atoms with Gasteiger partial charge in [0.1, 0.15) is 12.0 Å². The van der Waals surface area contributed by atoms with E-state index in [9.17, 15) is 0 Å². The molecule has 0 fully saturated rings. The first kappa shape index (κ1) is 5.48. The quantitative estimate of drug-likeness (QED) is 0.515. The van der Waals surface area contributed by atoms with Gasteiger partial charge in [0.25, 0.3) is 0 Å². The zero-order valence-electron chi connectivity index (χ0n) is 5.18. The van der Waals surface area contributed by atoms with Crippen molar-refractivity contribution in [3.8, 4) is 0 Å². The summed E-state index contributed by atoms with van der Waals surface area (Å²) in [5.74, 6) is 0.872. The SMILES string of the molecule is CCC1OC=C(C)O1. The molecule has 0 aliphatic carbocycles. The Morgan fingerprint density at radius 2 is 2.50 bits per heavy atom. The highest BCUT2D eigenvalue weighted by molar-refractivity contribution is 4.86. The van der Waals surface area contributed by atoms with Gasteiger partial charge in [-0.2, -0.15) is 0 Å². The van der Waals surface area contributed by atoms with E-state index in [1.807, 2.05) is 13.8 Å². The second-order valence-electron chi connectivity index (χ2n) is 1.82. The lowest BCUT2D eigenvalue weighted by molar-refractivity contribution is -0.0324. The molecule has 0 bridgehead atoms. The molecule has 1 heterocycles. The van der Waals surface area contributed by atoms with E-state index in [-0.39, 0.29) is 6.29 Å². The van der Waals surface area contributed by atoms with Crippen LogP contribution in [0.2, 0.25) is 0 Å². The van der Waals surface area contributed by atoms with E-state index in [2.05, 4.69) is 0 Å². The third-order valence-electron chi connectivity index (χ3n) is 1.04. The van der Waals surface area contributed by atoms with E-state index < -0.39 is 0 Å². The molecule has 1 rings (SSSR count). The van der Waals surface area contributed by atoms with Crippen LogP contribution in [-0.4, -0.2) is 6.29 Å². The topological polar surface area (TPSA) is 18.5 Å². The van der Waals surface area contributed by atoms with Gasteiger partial charge in [-0.15, -0.1) is 0 Å². The van der Waals surface area contributed by atoms with Gasteiger partial charge < -0.3 is 9.47 Å². The maximum atomic E-state index is 5.15. The molecule has 0 radical (unpaired) electrons. The standard InChI is InChI=1S/C6H10O2/c1-3-6-7-4-5(2)8-6/h4,6H,3H2,1-2H3. The molecule has 1 aliphatic heterocycles. The highest BCUT2D eigenvalue weighted by atomic mass is 16.7. The fraction of sp³-hybridized carbons (Fsp3) is 0.667. The molecule has 0 saturated carbocycles. The summed E-state index contributed by atoms with van der Waals surface area (Å²) in [6, 6.07) is 0. The van der Waals surface area contributed by atoms with Crippen molar-refractivity contribution in [3.63, 3.8) is 0 Å². The Bertz CT molecular complexity index is 107. The Morgan fingerprint density at radius 1 is 1.75 bits per heavy atom. The van der Waals surface area contributed by atoms with Gasteiger partial charge in [0.05, 0.1) is 0 Å². The average Bonchev–Trinajstić information content (AvgIpc) is 2.14. The molecule has 8 heavy (non-hydrogen) atoms. The summed E-state index contributed by atoms with van der Waals surface area (Å²) < 4.78 is 10.2. The van der Waals surface area contributed by atoms with Crippen LogP contribution in [0.25, 0.3) is 0 Å². The molecule has 0 amide bonds. The summed E-state index contributed by atoms with van der Waals surface area (Å²) >= 11 is 0. The van der Waals surface area contributed by atoms with Gasteiger partial charge >= 0.3 is 0 Å². The Kier molecular flexibility index (Phi) is 1.42. The van der Waals surface area contributed by atoms with Gasteiger partial charge in [-0.05, 0) is 6.92 Å². The fourth-order valence-corrected chi connectivity index (χ4v) is 0.614. The van der Waals surface area contributed by atoms with Crippen LogP contribution in [-0.2, 0) is 9.47 Å². The van der Waals surface area contributed by atoms with Crippen molar-refractivity contribution < 1.29 is 9.47 Å². The minimum absolute atomic E-state index is 0.0185. The third kappa shape index (κ3) is 0.941. The lowest BCUT2D eigenvalue weighted by Crippen LogP contribution is -2.04. The van der Waals surface area contributed by atoms with Crippen LogP contribution in [0.4, 0.5) is 0 Å². The zero-order chi connectivity index (χ0) is 5.98. The molecule has 1 aliphatic rings. The third-order valence-corrected chi connectivity index (χ3v) is 1.04. The lowest BCUT2D eigenvalue weighted by atomic mass is 10.5. The van der Waals surface area contributed by atoms with Crippen molar-refractivity contribution in [3.05, 3.63) is 12.0 Å². The number of rotatable bonds is 1. The van der Waals surface area contributed by atoms with Crippen LogP contribution in [0.1, 0.15) is 20.3 Å². The number of allylic oxidation sites excluding steroid dienone is 1. The van der Waals surface area contributed by atoms with E-state index in [1.54, 1.807) is 6.26 Å². The number of ether oxygens (including phenoxy) is 2. The van der Waals surface area contributed by atoms with Crippen molar-refractivity contribution >= 4 is 0 Å². The van der Waals surface area contributed by atoms with Crippen molar-refractivity contribution in [1.82, 2.24) is 0 Å². The molecule has 1 atom stereocenters. The molecule has 0 N–H and O–H groups in total. The Labute approximate surface area is 49.1 Å². The molecule has 2 nitrogen and oxygen atoms in total. The molecule has 2 heteroatoms. The summed E-state index contributed by atoms with van der Waals surface area (Å²) in [5, 5.41) is 0. The second kappa shape index (κ2) is 2.07. The van der Waals surface area contributed by atoms with E-state index in [1.165, 1.54) is 0 Å². The molecular weight excluding hydrogens is 104 g/mol. The summed E-state index contributed by atoms with van der Waals surface area (Å²) in [6.45, 7) is 3.91. The molecular formula is C6H10O2. The smallest absolute Gasteiger partial charge is 0.239 e. The Balaban J connectivity index is 2.32. The fourth-order valence-electron chi connectivity index (χ4n) is 0.614. The van der Waals surface area contributed by atoms with Gasteiger partial charge in [-0.1, -0.05) is 6.92 Å². The van der Waals surface area contributed by atoms with E-state index in [0.717, 1.165) is 12.2 Å². The number of hydrogen-bond donors (Lipinski definition) is 0. The first-order valence-corrected chi connectivity index (χ1v) is 2.82. The number of hydrogen-bond acceptors (Lipinski definition) is 2. The highest BCUT2D eigenvalue weighted by Gasteiger charge is 2.12. The van der Waals surface area contributed by atoms with Crippen LogP contribution in [0.3, 0.4) is 0 Å². The van der Waals surface area contributed by atoms with Gasteiger partial charge in [0.2, 0.25) is 6.29 Å². The first-order valence-electron chi connectivity index (χ1n) is 2.82. The van der Waals surface area contributed by atoms with Crippen molar-refractivity contribution in [2.75, 3.05) is 0 Å². The van der Waals surface area contributed by atoms with E-state index in [0.29, 0.717) is 0 Å². The highest BCUT2D eigenvalue weighted by Crippen LogP contribution is 2.14. The Hall–Kier alpha value is -0.660. The van der Waals surface area contributed by atoms with Crippen LogP contribution < -0.4 is 0 Å². The van der Waals surface area contributed by atoms with Gasteiger partial charge in [-0.3, -0.25) is 0 Å². The Morgan fingerprint density at radius 3 is 2.75 bits per heavy atom. The van der Waals surface area contributed by atoms with Crippen molar-refractivity contribution in [1.29, 1.82) is 0 Å². The normalized spacial score (nSPS) is 26.2. The van der Waals surface area contributed by atoms with Crippen LogP contribution in [0.15, 0.2) is 12.0 Å². The van der Waals surface area contributed by atoms with Gasteiger partial charge in [0, 0.05) is 6.42 Å². The molecule has 0 aromatic rings. The zero-order valence-corrected chi connectivity index (χ0v) is 5.18. The minimum atomic E-state index is -0.0185. The average molecular weight is 114 g/mol. The van der Waals surface area contributed by atoms with E-state index in [4.69, 9.17) is 9.47 Å². The predicted octanol–water partition coefficient (Wildman–Crippen LogP) is 1.63. The summed E-state index contributed by atoms with van der Waals surface area (Å²) in [7, 11) is 0. The molecule has 0 aromatic heterocycles. The van der Waals surface area contributed by atoms with Crippen LogP contribution >= 0.6 is 0 Å². The maximum absolute atomic E-state index is 5.15. The second-order valence-corrected chi connectivity index (χ2v) is 1.82. The molecule has 0 saturated heterocycles. The molecule has 1 unspecified atom stereocenters. The van der Waals surface area contributed by atoms with Crippen LogP contribution in [0, 0.1) is 0 Å². The summed E-state index contributed by atoms with van der Waals surface area (Å²) in [5.41, 5.74) is 0. The lowest BCUT2D eigenvalue weighted by Gasteiger charge is -2.05. The summed E-state index contributed by atoms with van der Waals surface area (Å²) in [4.78, 5) is 0. The summed E-state index contributed by atoms with van der Waals surface area (Å²) in [6.07, 6.45) is 2.54. The first-order chi connectivity index (χ1) is 3.83. The van der Waals surface area contributed by atoms with Crippen molar-refractivity contribution in [2.24, 2.45) is 0 Å². The largest absolute Gasteiger partial charge is 0.459 e. The molecule has 46 valence electrons. The monoisotopic (exact) mass is 114 g/mol. The van der Waals surface area contributed by atoms with Gasteiger partial charge in [-0.25, -0.2) is 0 Å². The van der Waals surface area contributed by atoms with E-state index >= 15 is 0 Å². The van der Waals surface area contributed by atoms with Gasteiger partial charge in [0.15, 0.2) is 0 Å². The molecule has 0 spiro atoms. The van der Waals surface area contributed by atoms with Crippen molar-refractivity contribution in [2.45, 2.75) is 26.6 Å². The minimum Gasteiger partial charge on any atom is -0.459 e.